The number of amides is 2. The fourth-order valence-corrected chi connectivity index (χ4v) is 2.37. The van der Waals surface area contributed by atoms with Crippen LogP contribution in [0.1, 0.15) is 24.8 Å². The van der Waals surface area contributed by atoms with Crippen LogP contribution in [0.15, 0.2) is 22.7 Å². The number of piperidine rings is 1. The van der Waals surface area contributed by atoms with Crippen LogP contribution in [-0.2, 0) is 9.59 Å². The number of halogens is 1. The molecular weight excluding hydrogens is 308 g/mol. The van der Waals surface area contributed by atoms with Crippen molar-refractivity contribution in [3.05, 3.63) is 28.2 Å². The van der Waals surface area contributed by atoms with Gasteiger partial charge in [0.2, 0.25) is 11.8 Å². The molecule has 0 unspecified atom stereocenters. The monoisotopic (exact) mass is 324 g/mol. The van der Waals surface area contributed by atoms with Gasteiger partial charge in [-0.3, -0.25) is 9.59 Å². The molecule has 1 saturated heterocycles. The number of nitrogens with one attached hydrogen (secondary N) is 1. The summed E-state index contributed by atoms with van der Waals surface area (Å²) in [7, 11) is 0. The van der Waals surface area contributed by atoms with Gasteiger partial charge < -0.3 is 10.2 Å². The largest absolute Gasteiger partial charge is 0.333 e. The summed E-state index contributed by atoms with van der Waals surface area (Å²) in [6.07, 6.45) is 2.48. The summed E-state index contributed by atoms with van der Waals surface area (Å²) >= 11 is 3.42. The fraction of sp³-hybridized carbons (Fsp3) is 0.429. The Balaban J connectivity index is 1.93. The van der Waals surface area contributed by atoms with Crippen molar-refractivity contribution in [1.82, 2.24) is 4.90 Å². The predicted molar refractivity (Wildman–Crippen MR) is 77.9 cm³/mol. The molecule has 0 atom stereocenters. The maximum absolute atomic E-state index is 11.9. The third kappa shape index (κ3) is 3.80. The van der Waals surface area contributed by atoms with Crippen LogP contribution in [0.4, 0.5) is 5.69 Å². The minimum absolute atomic E-state index is 0.0772. The van der Waals surface area contributed by atoms with Crippen molar-refractivity contribution in [2.24, 2.45) is 0 Å². The van der Waals surface area contributed by atoms with E-state index >= 15 is 0 Å². The first kappa shape index (κ1) is 14.1. The zero-order valence-electron chi connectivity index (χ0n) is 10.9. The van der Waals surface area contributed by atoms with Gasteiger partial charge in [-0.15, -0.1) is 0 Å². The molecule has 2 rings (SSSR count). The summed E-state index contributed by atoms with van der Waals surface area (Å²) < 4.78 is 1.01. The lowest BCUT2D eigenvalue weighted by atomic mass is 10.1. The number of benzene rings is 1. The van der Waals surface area contributed by atoms with Gasteiger partial charge in [0.25, 0.3) is 0 Å². The summed E-state index contributed by atoms with van der Waals surface area (Å²) in [4.78, 5) is 25.2. The van der Waals surface area contributed by atoms with Crippen LogP contribution in [0.3, 0.4) is 0 Å². The Labute approximate surface area is 121 Å². The van der Waals surface area contributed by atoms with Crippen LogP contribution in [0, 0.1) is 6.92 Å². The summed E-state index contributed by atoms with van der Waals surface area (Å²) in [5.41, 5.74) is 1.82. The SMILES string of the molecule is Cc1cc(NC(=O)CN2CCCCC2=O)ccc1Br. The second kappa shape index (κ2) is 6.19. The number of aryl methyl sites for hydroxylation is 1. The standard InChI is InChI=1S/C14H17BrN2O2/c1-10-8-11(5-6-12(10)15)16-13(18)9-17-7-3-2-4-14(17)19/h5-6,8H,2-4,7,9H2,1H3,(H,16,18). The molecule has 0 bridgehead atoms. The number of carbonyl (C=O) groups excluding carboxylic acids is 2. The fourth-order valence-electron chi connectivity index (χ4n) is 2.13. The van der Waals surface area contributed by atoms with E-state index in [1.807, 2.05) is 25.1 Å². The second-order valence-corrected chi connectivity index (χ2v) is 5.64. The Morgan fingerprint density at radius 3 is 2.89 bits per heavy atom. The van der Waals surface area contributed by atoms with E-state index in [0.717, 1.165) is 28.6 Å². The maximum Gasteiger partial charge on any atom is 0.243 e. The Hall–Kier alpha value is -1.36. The van der Waals surface area contributed by atoms with Crippen LogP contribution < -0.4 is 5.32 Å². The third-order valence-corrected chi connectivity index (χ3v) is 4.09. The molecule has 0 saturated carbocycles. The Morgan fingerprint density at radius 1 is 1.42 bits per heavy atom. The highest BCUT2D eigenvalue weighted by Gasteiger charge is 2.20. The predicted octanol–water partition coefficient (Wildman–Crippen LogP) is 2.71. The van der Waals surface area contributed by atoms with Crippen molar-refractivity contribution >= 4 is 33.4 Å². The van der Waals surface area contributed by atoms with Gasteiger partial charge in [-0.1, -0.05) is 15.9 Å². The molecule has 19 heavy (non-hydrogen) atoms. The first-order chi connectivity index (χ1) is 9.06. The molecule has 1 aromatic carbocycles. The zero-order valence-corrected chi connectivity index (χ0v) is 12.5. The molecule has 1 fully saturated rings. The number of anilines is 1. The lowest BCUT2D eigenvalue weighted by Crippen LogP contribution is -2.40. The molecule has 5 heteroatoms. The van der Waals surface area contributed by atoms with E-state index in [-0.39, 0.29) is 18.4 Å². The molecule has 102 valence electrons. The average Bonchev–Trinajstić information content (AvgIpc) is 2.37. The van der Waals surface area contributed by atoms with E-state index in [2.05, 4.69) is 21.2 Å². The normalized spacial score (nSPS) is 15.5. The zero-order chi connectivity index (χ0) is 13.8. The minimum Gasteiger partial charge on any atom is -0.333 e. The van der Waals surface area contributed by atoms with Crippen LogP contribution in [0.5, 0.6) is 0 Å². The van der Waals surface area contributed by atoms with Crippen LogP contribution in [0.25, 0.3) is 0 Å². The number of likely N-dealkylation sites (tertiary alicyclic amines) is 1. The second-order valence-electron chi connectivity index (χ2n) is 4.78. The molecule has 1 heterocycles. The topological polar surface area (TPSA) is 49.4 Å². The molecule has 1 aliphatic heterocycles. The molecule has 0 spiro atoms. The van der Waals surface area contributed by atoms with Crippen LogP contribution in [-0.4, -0.2) is 29.8 Å². The lowest BCUT2D eigenvalue weighted by Gasteiger charge is -2.26. The maximum atomic E-state index is 11.9. The van der Waals surface area contributed by atoms with Gasteiger partial charge >= 0.3 is 0 Å². The third-order valence-electron chi connectivity index (χ3n) is 3.20. The first-order valence-electron chi connectivity index (χ1n) is 6.40. The van der Waals surface area contributed by atoms with Crippen molar-refractivity contribution in [2.75, 3.05) is 18.4 Å². The Kier molecular flexibility index (Phi) is 4.58. The quantitative estimate of drug-likeness (QED) is 0.929. The Bertz CT molecular complexity index is 502. The number of rotatable bonds is 3. The van der Waals surface area contributed by atoms with Gasteiger partial charge in [0.1, 0.15) is 0 Å². The summed E-state index contributed by atoms with van der Waals surface area (Å²) in [6.45, 7) is 2.80. The molecule has 1 N–H and O–H groups in total. The molecule has 0 aromatic heterocycles. The number of nitrogens with zero attached hydrogens (tertiary/aromatic N) is 1. The average molecular weight is 325 g/mol. The smallest absolute Gasteiger partial charge is 0.243 e. The number of carbonyl (C=O) groups is 2. The molecule has 1 aliphatic rings. The van der Waals surface area contributed by atoms with Gasteiger partial charge in [-0.25, -0.2) is 0 Å². The summed E-state index contributed by atoms with van der Waals surface area (Å²) in [5, 5.41) is 2.82. The summed E-state index contributed by atoms with van der Waals surface area (Å²) in [5.74, 6) is -0.0645. The van der Waals surface area contributed by atoms with Crippen molar-refractivity contribution < 1.29 is 9.59 Å². The van der Waals surface area contributed by atoms with Crippen molar-refractivity contribution in [3.8, 4) is 0 Å². The van der Waals surface area contributed by atoms with E-state index < -0.39 is 0 Å². The van der Waals surface area contributed by atoms with E-state index in [1.54, 1.807) is 4.90 Å². The van der Waals surface area contributed by atoms with E-state index in [9.17, 15) is 9.59 Å². The highest BCUT2D eigenvalue weighted by molar-refractivity contribution is 9.10. The van der Waals surface area contributed by atoms with E-state index in [0.29, 0.717) is 13.0 Å². The van der Waals surface area contributed by atoms with E-state index in [1.165, 1.54) is 0 Å². The van der Waals surface area contributed by atoms with Crippen molar-refractivity contribution in [1.29, 1.82) is 0 Å². The number of hydrogen-bond donors (Lipinski definition) is 1. The number of hydrogen-bond acceptors (Lipinski definition) is 2. The van der Waals surface area contributed by atoms with Crippen molar-refractivity contribution in [3.63, 3.8) is 0 Å². The lowest BCUT2D eigenvalue weighted by molar-refractivity contribution is -0.136. The first-order valence-corrected chi connectivity index (χ1v) is 7.19. The molecule has 4 nitrogen and oxygen atoms in total. The van der Waals surface area contributed by atoms with Gasteiger partial charge in [0, 0.05) is 23.1 Å². The van der Waals surface area contributed by atoms with E-state index in [4.69, 9.17) is 0 Å². The van der Waals surface area contributed by atoms with Crippen LogP contribution in [0.2, 0.25) is 0 Å². The molecule has 2 amide bonds. The van der Waals surface area contributed by atoms with Gasteiger partial charge in [0.05, 0.1) is 6.54 Å². The van der Waals surface area contributed by atoms with Gasteiger partial charge in [-0.05, 0) is 43.5 Å². The highest BCUT2D eigenvalue weighted by atomic mass is 79.9. The van der Waals surface area contributed by atoms with Crippen LogP contribution >= 0.6 is 15.9 Å². The molecule has 0 radical (unpaired) electrons. The van der Waals surface area contributed by atoms with Gasteiger partial charge in [-0.2, -0.15) is 0 Å². The van der Waals surface area contributed by atoms with Crippen molar-refractivity contribution in [2.45, 2.75) is 26.2 Å². The summed E-state index contributed by atoms with van der Waals surface area (Å²) in [6, 6.07) is 5.64. The van der Waals surface area contributed by atoms with Gasteiger partial charge in [0.15, 0.2) is 0 Å². The minimum atomic E-state index is -0.142. The highest BCUT2D eigenvalue weighted by Crippen LogP contribution is 2.20. The molecule has 1 aromatic rings. The molecule has 0 aliphatic carbocycles. The Morgan fingerprint density at radius 2 is 2.21 bits per heavy atom. The molecular formula is C14H17BrN2O2.